The topological polar surface area (TPSA) is 117 Å². The summed E-state index contributed by atoms with van der Waals surface area (Å²) in [7, 11) is 0. The van der Waals surface area contributed by atoms with Crippen LogP contribution in [-0.4, -0.2) is 40.0 Å². The fourth-order valence-electron chi connectivity index (χ4n) is 1.32. The predicted molar refractivity (Wildman–Crippen MR) is 57.9 cm³/mol. The lowest BCUT2D eigenvalue weighted by Crippen LogP contribution is -2.22. The van der Waals surface area contributed by atoms with E-state index in [1.807, 2.05) is 0 Å². The molecule has 0 radical (unpaired) electrons. The van der Waals surface area contributed by atoms with Crippen molar-refractivity contribution >= 4 is 11.9 Å². The Hall–Kier alpha value is -1.86. The van der Waals surface area contributed by atoms with Crippen molar-refractivity contribution in [1.29, 1.82) is 0 Å². The number of aromatic carboxylic acids is 1. The Morgan fingerprint density at radius 1 is 1.39 bits per heavy atom. The zero-order valence-corrected chi connectivity index (χ0v) is 9.70. The smallest absolute Gasteiger partial charge is 0.371 e. The van der Waals surface area contributed by atoms with E-state index in [4.69, 9.17) is 9.52 Å². The minimum Gasteiger partial charge on any atom is -0.475 e. The molecule has 7 heteroatoms. The Kier molecular flexibility index (Phi) is 4.87. The summed E-state index contributed by atoms with van der Waals surface area (Å²) in [5.74, 6) is -2.42. The molecule has 0 aliphatic rings. The van der Waals surface area contributed by atoms with Gasteiger partial charge in [-0.25, -0.2) is 4.79 Å². The van der Waals surface area contributed by atoms with Gasteiger partial charge >= 0.3 is 11.9 Å². The largest absolute Gasteiger partial charge is 0.475 e. The highest BCUT2D eigenvalue weighted by molar-refractivity contribution is 5.84. The summed E-state index contributed by atoms with van der Waals surface area (Å²) in [6.07, 6.45) is -3.31. The van der Waals surface area contributed by atoms with Gasteiger partial charge in [-0.05, 0) is 19.1 Å². The molecule has 7 nitrogen and oxygen atoms in total. The predicted octanol–water partition coefficient (Wildman–Crippen LogP) is 0.325. The van der Waals surface area contributed by atoms with Crippen molar-refractivity contribution in [3.63, 3.8) is 0 Å². The first-order chi connectivity index (χ1) is 8.45. The molecule has 1 rings (SSSR count). The molecule has 0 amide bonds. The Bertz CT molecular complexity index is 423. The number of carbonyl (C=O) groups excluding carboxylic acids is 1. The number of furan rings is 1. The van der Waals surface area contributed by atoms with Gasteiger partial charge in [0.1, 0.15) is 11.9 Å². The second kappa shape index (κ2) is 6.18. The number of esters is 1. The number of ether oxygens (including phenoxy) is 1. The Morgan fingerprint density at radius 3 is 2.56 bits per heavy atom. The van der Waals surface area contributed by atoms with Crippen molar-refractivity contribution in [2.75, 3.05) is 6.61 Å². The van der Waals surface area contributed by atoms with Gasteiger partial charge in [0.05, 0.1) is 19.1 Å². The Balaban J connectivity index is 2.64. The van der Waals surface area contributed by atoms with Crippen molar-refractivity contribution < 1.29 is 34.1 Å². The summed E-state index contributed by atoms with van der Waals surface area (Å²) in [6.45, 7) is 1.79. The number of rotatable bonds is 6. The van der Waals surface area contributed by atoms with Crippen LogP contribution in [0, 0.1) is 0 Å². The zero-order chi connectivity index (χ0) is 13.7. The minimum absolute atomic E-state index is 0.121. The van der Waals surface area contributed by atoms with E-state index in [1.54, 1.807) is 6.92 Å². The van der Waals surface area contributed by atoms with E-state index in [1.165, 1.54) is 6.07 Å². The van der Waals surface area contributed by atoms with E-state index in [0.29, 0.717) is 0 Å². The van der Waals surface area contributed by atoms with Crippen LogP contribution in [0.2, 0.25) is 0 Å². The molecule has 2 atom stereocenters. The second-order valence-electron chi connectivity index (χ2n) is 3.53. The highest BCUT2D eigenvalue weighted by atomic mass is 16.5. The molecule has 0 saturated heterocycles. The number of carboxylic acid groups (broad SMARTS) is 1. The van der Waals surface area contributed by atoms with Crippen molar-refractivity contribution in [2.24, 2.45) is 0 Å². The molecule has 0 aliphatic carbocycles. The molecule has 100 valence electrons. The van der Waals surface area contributed by atoms with E-state index >= 15 is 0 Å². The summed E-state index contributed by atoms with van der Waals surface area (Å²) >= 11 is 0. The monoisotopic (exact) mass is 258 g/mol. The number of hydrogen-bond acceptors (Lipinski definition) is 6. The molecule has 3 N–H and O–H groups in total. The number of aliphatic hydroxyl groups excluding tert-OH is 2. The van der Waals surface area contributed by atoms with E-state index in [-0.39, 0.29) is 18.1 Å². The zero-order valence-electron chi connectivity index (χ0n) is 9.70. The maximum absolute atomic E-state index is 11.1. The van der Waals surface area contributed by atoms with Gasteiger partial charge in [-0.2, -0.15) is 0 Å². The van der Waals surface area contributed by atoms with E-state index < -0.39 is 30.6 Å². The quantitative estimate of drug-likeness (QED) is 0.629. The fraction of sp³-hybridized carbons (Fsp3) is 0.455. The maximum atomic E-state index is 11.1. The lowest BCUT2D eigenvalue weighted by atomic mass is 10.1. The summed E-state index contributed by atoms with van der Waals surface area (Å²) in [5.41, 5.74) is 0. The van der Waals surface area contributed by atoms with Crippen LogP contribution >= 0.6 is 0 Å². The van der Waals surface area contributed by atoms with Gasteiger partial charge in [0.25, 0.3) is 0 Å². The summed E-state index contributed by atoms with van der Waals surface area (Å²) in [4.78, 5) is 21.6. The molecule has 0 fully saturated rings. The van der Waals surface area contributed by atoms with Crippen LogP contribution in [0.4, 0.5) is 0 Å². The second-order valence-corrected chi connectivity index (χ2v) is 3.53. The van der Waals surface area contributed by atoms with Crippen LogP contribution in [-0.2, 0) is 9.53 Å². The van der Waals surface area contributed by atoms with Gasteiger partial charge in [-0.3, -0.25) is 4.79 Å². The molecule has 0 spiro atoms. The maximum Gasteiger partial charge on any atom is 0.371 e. The van der Waals surface area contributed by atoms with Crippen LogP contribution in [0.3, 0.4) is 0 Å². The van der Waals surface area contributed by atoms with Crippen LogP contribution in [0.1, 0.15) is 35.8 Å². The molecular formula is C11H14O7. The van der Waals surface area contributed by atoms with Gasteiger partial charge in [-0.15, -0.1) is 0 Å². The lowest BCUT2D eigenvalue weighted by Gasteiger charge is -2.14. The molecule has 1 aromatic rings. The molecule has 0 bridgehead atoms. The third-order valence-corrected chi connectivity index (χ3v) is 2.17. The third-order valence-electron chi connectivity index (χ3n) is 2.17. The Morgan fingerprint density at radius 2 is 2.06 bits per heavy atom. The highest BCUT2D eigenvalue weighted by Gasteiger charge is 2.25. The normalized spacial score (nSPS) is 13.9. The Labute approximate surface area is 103 Å². The number of hydrogen-bond donors (Lipinski definition) is 3. The first-order valence-corrected chi connectivity index (χ1v) is 5.30. The van der Waals surface area contributed by atoms with Crippen LogP contribution in [0.5, 0.6) is 0 Å². The van der Waals surface area contributed by atoms with Crippen LogP contribution in [0.25, 0.3) is 0 Å². The lowest BCUT2D eigenvalue weighted by molar-refractivity contribution is -0.147. The van der Waals surface area contributed by atoms with Crippen LogP contribution < -0.4 is 0 Å². The molecule has 0 saturated carbocycles. The van der Waals surface area contributed by atoms with E-state index in [0.717, 1.165) is 6.07 Å². The van der Waals surface area contributed by atoms with Crippen molar-refractivity contribution in [3.05, 3.63) is 23.7 Å². The summed E-state index contributed by atoms with van der Waals surface area (Å²) < 4.78 is 9.42. The first kappa shape index (κ1) is 14.2. The molecule has 2 unspecified atom stereocenters. The van der Waals surface area contributed by atoms with Gasteiger partial charge in [0.15, 0.2) is 0 Å². The first-order valence-electron chi connectivity index (χ1n) is 5.30. The highest BCUT2D eigenvalue weighted by Crippen LogP contribution is 2.21. The summed E-state index contributed by atoms with van der Waals surface area (Å²) in [5, 5.41) is 27.8. The standard InChI is InChI=1S/C11H14O7/c1-2-17-9(13)5-6(12)10(14)7-3-4-8(18-7)11(15)16/h3-4,6,10,12,14H,2,5H2,1H3,(H,15,16). The number of aliphatic hydroxyl groups is 2. The van der Waals surface area contributed by atoms with Crippen LogP contribution in [0.15, 0.2) is 16.5 Å². The molecular weight excluding hydrogens is 244 g/mol. The third kappa shape index (κ3) is 3.57. The number of carboxylic acids is 1. The summed E-state index contributed by atoms with van der Waals surface area (Å²) in [6, 6.07) is 2.38. The van der Waals surface area contributed by atoms with Gasteiger partial charge in [0.2, 0.25) is 5.76 Å². The van der Waals surface area contributed by atoms with Gasteiger partial charge < -0.3 is 24.5 Å². The molecule has 18 heavy (non-hydrogen) atoms. The van der Waals surface area contributed by atoms with Gasteiger partial charge in [-0.1, -0.05) is 0 Å². The molecule has 0 aromatic carbocycles. The van der Waals surface area contributed by atoms with E-state index in [2.05, 4.69) is 4.74 Å². The van der Waals surface area contributed by atoms with E-state index in [9.17, 15) is 19.8 Å². The molecule has 1 aromatic heterocycles. The molecule has 0 aliphatic heterocycles. The van der Waals surface area contributed by atoms with Crippen molar-refractivity contribution in [3.8, 4) is 0 Å². The fourth-order valence-corrected chi connectivity index (χ4v) is 1.32. The number of carbonyl (C=O) groups is 2. The SMILES string of the molecule is CCOC(=O)CC(O)C(O)c1ccc(C(=O)O)o1. The molecule has 1 heterocycles. The average Bonchev–Trinajstić information content (AvgIpc) is 2.77. The van der Waals surface area contributed by atoms with Crippen molar-refractivity contribution in [2.45, 2.75) is 25.6 Å². The van der Waals surface area contributed by atoms with Crippen molar-refractivity contribution in [1.82, 2.24) is 0 Å². The average molecular weight is 258 g/mol. The van der Waals surface area contributed by atoms with Gasteiger partial charge in [0, 0.05) is 0 Å². The minimum atomic E-state index is -1.48.